The van der Waals surface area contributed by atoms with E-state index in [2.05, 4.69) is 0 Å². The maximum Gasteiger partial charge on any atom is 0.229 e. The summed E-state index contributed by atoms with van der Waals surface area (Å²) in [5.41, 5.74) is 7.19. The number of benzene rings is 1. The molecule has 0 radical (unpaired) electrons. The van der Waals surface area contributed by atoms with Crippen molar-refractivity contribution in [2.75, 3.05) is 30.4 Å². The summed E-state index contributed by atoms with van der Waals surface area (Å²) in [6.07, 6.45) is 0.449. The summed E-state index contributed by atoms with van der Waals surface area (Å²) in [7, 11) is 0. The molecule has 1 aliphatic rings. The number of hydrogen-bond donors (Lipinski definition) is 1. The molecule has 0 bridgehead atoms. The Balaban J connectivity index is 2.20. The Morgan fingerprint density at radius 1 is 1.20 bits per heavy atom. The van der Waals surface area contributed by atoms with Crippen molar-refractivity contribution < 1.29 is 9.53 Å². The lowest BCUT2D eigenvalue weighted by Gasteiger charge is -2.19. The highest BCUT2D eigenvalue weighted by molar-refractivity contribution is 5.93. The highest BCUT2D eigenvalue weighted by atomic mass is 16.5. The molecule has 0 aliphatic carbocycles. The van der Waals surface area contributed by atoms with Crippen molar-refractivity contribution in [3.63, 3.8) is 0 Å². The minimum atomic E-state index is 0.109. The molecule has 0 saturated carbocycles. The van der Waals surface area contributed by atoms with Crippen LogP contribution in [0.4, 0.5) is 11.4 Å². The number of nitrogens with two attached hydrogens (primary N) is 1. The molecule has 80 valence electrons. The predicted octanol–water partition coefficient (Wildman–Crippen LogP) is 1.02. The van der Waals surface area contributed by atoms with Crippen LogP contribution >= 0.6 is 0 Å². The van der Waals surface area contributed by atoms with Gasteiger partial charge in [-0.2, -0.15) is 0 Å². The smallest absolute Gasteiger partial charge is 0.229 e. The van der Waals surface area contributed by atoms with Gasteiger partial charge in [0.25, 0.3) is 0 Å². The number of nitrogens with zero attached hydrogens (tertiary/aromatic N) is 1. The molecule has 4 nitrogen and oxygen atoms in total. The number of rotatable bonds is 1. The molecule has 0 aromatic heterocycles. The fourth-order valence-electron chi connectivity index (χ4n) is 1.60. The number of carbonyl (C=O) groups excluding carboxylic acids is 1. The highest BCUT2D eigenvalue weighted by Gasteiger charge is 2.17. The first-order chi connectivity index (χ1) is 7.27. The first-order valence-corrected chi connectivity index (χ1v) is 5.01. The van der Waals surface area contributed by atoms with E-state index in [1.807, 2.05) is 12.1 Å². The van der Waals surface area contributed by atoms with Crippen LogP contribution in [0.5, 0.6) is 0 Å². The first-order valence-electron chi connectivity index (χ1n) is 5.01. The van der Waals surface area contributed by atoms with Gasteiger partial charge in [-0.15, -0.1) is 0 Å². The minimum Gasteiger partial charge on any atom is -0.399 e. The van der Waals surface area contributed by atoms with Crippen LogP contribution in [0.2, 0.25) is 0 Å². The third-order valence-electron chi connectivity index (χ3n) is 2.43. The molecule has 2 rings (SSSR count). The zero-order valence-electron chi connectivity index (χ0n) is 8.48. The number of ether oxygens (including phenoxy) is 1. The second-order valence-electron chi connectivity index (χ2n) is 3.50. The van der Waals surface area contributed by atoms with Crippen molar-refractivity contribution in [1.82, 2.24) is 0 Å². The van der Waals surface area contributed by atoms with Gasteiger partial charge in [0.1, 0.15) is 0 Å². The quantitative estimate of drug-likeness (QED) is 0.698. The zero-order valence-corrected chi connectivity index (χ0v) is 8.48. The van der Waals surface area contributed by atoms with Gasteiger partial charge in [-0.3, -0.25) is 4.79 Å². The number of carbonyl (C=O) groups is 1. The molecule has 1 aromatic carbocycles. The van der Waals surface area contributed by atoms with E-state index in [9.17, 15) is 4.79 Å². The first kappa shape index (κ1) is 9.98. The molecule has 1 aromatic rings. The summed E-state index contributed by atoms with van der Waals surface area (Å²) in [5.74, 6) is 0.109. The van der Waals surface area contributed by atoms with Gasteiger partial charge in [-0.25, -0.2) is 0 Å². The number of hydrogen-bond acceptors (Lipinski definition) is 3. The molecular formula is C11H14N2O2. The molecule has 0 spiro atoms. The van der Waals surface area contributed by atoms with E-state index in [-0.39, 0.29) is 5.91 Å². The standard InChI is InChI=1S/C11H14N2O2/c12-9-1-3-10(4-2-9)13-6-8-15-7-5-11(13)14/h1-4H,5-8,12H2. The summed E-state index contributed by atoms with van der Waals surface area (Å²) in [5, 5.41) is 0. The minimum absolute atomic E-state index is 0.109. The zero-order chi connectivity index (χ0) is 10.7. The average molecular weight is 206 g/mol. The largest absolute Gasteiger partial charge is 0.399 e. The molecule has 0 unspecified atom stereocenters. The molecule has 1 aliphatic heterocycles. The van der Waals surface area contributed by atoms with Gasteiger partial charge in [0, 0.05) is 17.9 Å². The van der Waals surface area contributed by atoms with E-state index in [1.54, 1.807) is 17.0 Å². The van der Waals surface area contributed by atoms with Crippen LogP contribution < -0.4 is 10.6 Å². The van der Waals surface area contributed by atoms with Crippen LogP contribution in [0.3, 0.4) is 0 Å². The van der Waals surface area contributed by atoms with Crippen LogP contribution in [-0.2, 0) is 9.53 Å². The van der Waals surface area contributed by atoms with Gasteiger partial charge in [-0.05, 0) is 24.3 Å². The van der Waals surface area contributed by atoms with E-state index in [4.69, 9.17) is 10.5 Å². The molecule has 4 heteroatoms. The Kier molecular flexibility index (Phi) is 2.87. The average Bonchev–Trinajstić information content (AvgIpc) is 2.44. The van der Waals surface area contributed by atoms with Gasteiger partial charge in [0.2, 0.25) is 5.91 Å². The molecule has 1 saturated heterocycles. The summed E-state index contributed by atoms with van der Waals surface area (Å²) >= 11 is 0. The van der Waals surface area contributed by atoms with Crippen LogP contribution in [0, 0.1) is 0 Å². The molecule has 1 amide bonds. The van der Waals surface area contributed by atoms with Crippen molar-refractivity contribution in [2.45, 2.75) is 6.42 Å². The lowest BCUT2D eigenvalue weighted by Crippen LogP contribution is -2.31. The normalized spacial score (nSPS) is 17.6. The molecular weight excluding hydrogens is 192 g/mol. The predicted molar refractivity (Wildman–Crippen MR) is 58.6 cm³/mol. The number of anilines is 2. The molecule has 15 heavy (non-hydrogen) atoms. The Morgan fingerprint density at radius 2 is 1.93 bits per heavy atom. The van der Waals surface area contributed by atoms with Crippen LogP contribution in [0.15, 0.2) is 24.3 Å². The Labute approximate surface area is 88.6 Å². The number of nitrogen functional groups attached to an aromatic ring is 1. The van der Waals surface area contributed by atoms with E-state index < -0.39 is 0 Å². The fourth-order valence-corrected chi connectivity index (χ4v) is 1.60. The van der Waals surface area contributed by atoms with Gasteiger partial charge >= 0.3 is 0 Å². The van der Waals surface area contributed by atoms with Gasteiger partial charge in [0.05, 0.1) is 19.6 Å². The van der Waals surface area contributed by atoms with Crippen molar-refractivity contribution in [3.8, 4) is 0 Å². The second-order valence-corrected chi connectivity index (χ2v) is 3.50. The monoisotopic (exact) mass is 206 g/mol. The summed E-state index contributed by atoms with van der Waals surface area (Å²) < 4.78 is 5.25. The maximum absolute atomic E-state index is 11.7. The van der Waals surface area contributed by atoms with E-state index in [0.29, 0.717) is 31.9 Å². The van der Waals surface area contributed by atoms with Crippen molar-refractivity contribution in [3.05, 3.63) is 24.3 Å². The summed E-state index contributed by atoms with van der Waals surface area (Å²) in [6, 6.07) is 7.32. The Bertz CT molecular complexity index is 348. The van der Waals surface area contributed by atoms with Crippen molar-refractivity contribution in [2.24, 2.45) is 0 Å². The Morgan fingerprint density at radius 3 is 2.67 bits per heavy atom. The SMILES string of the molecule is Nc1ccc(N2CCOCCC2=O)cc1. The van der Waals surface area contributed by atoms with Crippen LogP contribution in [-0.4, -0.2) is 25.7 Å². The lowest BCUT2D eigenvalue weighted by molar-refractivity contribution is -0.118. The Hall–Kier alpha value is -1.55. The molecule has 1 heterocycles. The fraction of sp³-hybridized carbons (Fsp3) is 0.364. The van der Waals surface area contributed by atoms with E-state index in [0.717, 1.165) is 5.69 Å². The topological polar surface area (TPSA) is 55.6 Å². The van der Waals surface area contributed by atoms with Crippen molar-refractivity contribution in [1.29, 1.82) is 0 Å². The highest BCUT2D eigenvalue weighted by Crippen LogP contribution is 2.18. The summed E-state index contributed by atoms with van der Waals surface area (Å²) in [6.45, 7) is 1.73. The maximum atomic E-state index is 11.7. The molecule has 0 atom stereocenters. The third kappa shape index (κ3) is 2.27. The van der Waals surface area contributed by atoms with Gasteiger partial charge < -0.3 is 15.4 Å². The van der Waals surface area contributed by atoms with Gasteiger partial charge in [-0.1, -0.05) is 0 Å². The number of amides is 1. The molecule has 2 N–H and O–H groups in total. The van der Waals surface area contributed by atoms with E-state index >= 15 is 0 Å². The summed E-state index contributed by atoms with van der Waals surface area (Å²) in [4.78, 5) is 13.5. The van der Waals surface area contributed by atoms with Crippen LogP contribution in [0.25, 0.3) is 0 Å². The molecule has 1 fully saturated rings. The van der Waals surface area contributed by atoms with Crippen LogP contribution in [0.1, 0.15) is 6.42 Å². The lowest BCUT2D eigenvalue weighted by atomic mass is 10.2. The van der Waals surface area contributed by atoms with Crippen molar-refractivity contribution >= 4 is 17.3 Å². The van der Waals surface area contributed by atoms with Gasteiger partial charge in [0.15, 0.2) is 0 Å². The third-order valence-corrected chi connectivity index (χ3v) is 2.43. The second kappa shape index (κ2) is 4.31. The van der Waals surface area contributed by atoms with E-state index in [1.165, 1.54) is 0 Å².